The first-order valence-corrected chi connectivity index (χ1v) is 10.1. The van der Waals surface area contributed by atoms with Crippen LogP contribution in [0, 0.1) is 11.3 Å². The van der Waals surface area contributed by atoms with Gasteiger partial charge in [-0.25, -0.2) is 4.79 Å². The van der Waals surface area contributed by atoms with Crippen molar-refractivity contribution in [3.05, 3.63) is 35.9 Å². The van der Waals surface area contributed by atoms with Crippen molar-refractivity contribution in [1.82, 2.24) is 10.2 Å². The van der Waals surface area contributed by atoms with Crippen LogP contribution in [0.15, 0.2) is 30.3 Å². The fourth-order valence-corrected chi connectivity index (χ4v) is 5.16. The summed E-state index contributed by atoms with van der Waals surface area (Å²) in [5.74, 6) is -0.936. The Labute approximate surface area is 168 Å². The maximum absolute atomic E-state index is 12.7. The van der Waals surface area contributed by atoms with Gasteiger partial charge >= 0.3 is 5.97 Å². The SMILES string of the molecule is CC1(C)S[C@@H]2[C@H](NC(=O)Cc3ccccc3)C(=O)N2C1C(=O)OCCCC#N. The van der Waals surface area contributed by atoms with Gasteiger partial charge in [0.2, 0.25) is 11.8 Å². The number of fused-ring (bicyclic) bond motifs is 1. The number of esters is 1. The number of amides is 2. The van der Waals surface area contributed by atoms with E-state index < -0.39 is 22.8 Å². The lowest BCUT2D eigenvalue weighted by atomic mass is 9.96. The van der Waals surface area contributed by atoms with Gasteiger partial charge in [0.15, 0.2) is 0 Å². The first kappa shape index (κ1) is 20.2. The Morgan fingerprint density at radius 3 is 2.71 bits per heavy atom. The minimum Gasteiger partial charge on any atom is -0.464 e. The van der Waals surface area contributed by atoms with Gasteiger partial charge in [-0.05, 0) is 25.8 Å². The first-order chi connectivity index (χ1) is 13.3. The number of nitriles is 1. The van der Waals surface area contributed by atoms with E-state index in [1.165, 1.54) is 16.7 Å². The van der Waals surface area contributed by atoms with Crippen molar-refractivity contribution < 1.29 is 19.1 Å². The number of nitrogens with zero attached hydrogens (tertiary/aromatic N) is 2. The molecule has 0 aromatic heterocycles. The lowest BCUT2D eigenvalue weighted by Crippen LogP contribution is -2.70. The van der Waals surface area contributed by atoms with E-state index >= 15 is 0 Å². The number of ether oxygens (including phenoxy) is 1. The predicted octanol–water partition coefficient (Wildman–Crippen LogP) is 1.62. The summed E-state index contributed by atoms with van der Waals surface area (Å²) in [5.41, 5.74) is 0.877. The van der Waals surface area contributed by atoms with Crippen LogP contribution in [0.2, 0.25) is 0 Å². The Hall–Kier alpha value is -2.53. The zero-order valence-electron chi connectivity index (χ0n) is 15.9. The first-order valence-electron chi connectivity index (χ1n) is 9.22. The third kappa shape index (κ3) is 3.99. The quantitative estimate of drug-likeness (QED) is 0.423. The minimum atomic E-state index is -0.695. The van der Waals surface area contributed by atoms with Crippen LogP contribution in [0.4, 0.5) is 0 Å². The lowest BCUT2D eigenvalue weighted by Gasteiger charge is -2.44. The summed E-state index contributed by atoms with van der Waals surface area (Å²) >= 11 is 1.50. The summed E-state index contributed by atoms with van der Waals surface area (Å²) in [5, 5.41) is 11.1. The highest BCUT2D eigenvalue weighted by Crippen LogP contribution is 2.51. The topological polar surface area (TPSA) is 99.5 Å². The second kappa shape index (κ2) is 8.23. The van der Waals surface area contributed by atoms with E-state index in [1.54, 1.807) is 0 Å². The molecule has 148 valence electrons. The van der Waals surface area contributed by atoms with Crippen LogP contribution in [-0.2, 0) is 25.5 Å². The maximum atomic E-state index is 12.7. The molecule has 8 heteroatoms. The van der Waals surface area contributed by atoms with Crippen LogP contribution >= 0.6 is 11.8 Å². The third-order valence-electron chi connectivity index (χ3n) is 4.87. The van der Waals surface area contributed by atoms with Gasteiger partial charge in [-0.3, -0.25) is 9.59 Å². The molecule has 3 rings (SSSR count). The Morgan fingerprint density at radius 1 is 1.32 bits per heavy atom. The van der Waals surface area contributed by atoms with Crippen molar-refractivity contribution >= 4 is 29.5 Å². The molecule has 2 heterocycles. The number of carbonyl (C=O) groups excluding carboxylic acids is 3. The third-order valence-corrected chi connectivity index (χ3v) is 6.44. The molecule has 2 amide bonds. The normalized spacial score (nSPS) is 24.7. The smallest absolute Gasteiger partial charge is 0.330 e. The van der Waals surface area contributed by atoms with E-state index in [1.807, 2.05) is 50.2 Å². The van der Waals surface area contributed by atoms with Crippen LogP contribution in [0.3, 0.4) is 0 Å². The van der Waals surface area contributed by atoms with Gasteiger partial charge in [0.05, 0.1) is 19.1 Å². The van der Waals surface area contributed by atoms with E-state index in [0.29, 0.717) is 12.8 Å². The van der Waals surface area contributed by atoms with Crippen molar-refractivity contribution in [2.45, 2.75) is 55.3 Å². The fraction of sp³-hybridized carbons (Fsp3) is 0.500. The lowest BCUT2D eigenvalue weighted by molar-refractivity contribution is -0.164. The molecule has 28 heavy (non-hydrogen) atoms. The molecular weight excluding hydrogens is 378 g/mol. The van der Waals surface area contributed by atoms with Gasteiger partial charge in [-0.2, -0.15) is 5.26 Å². The molecule has 0 bridgehead atoms. The van der Waals surface area contributed by atoms with E-state index in [9.17, 15) is 14.4 Å². The number of rotatable bonds is 7. The van der Waals surface area contributed by atoms with Crippen LogP contribution in [-0.4, -0.2) is 51.5 Å². The molecule has 2 saturated heterocycles. The van der Waals surface area contributed by atoms with Crippen molar-refractivity contribution in [2.24, 2.45) is 0 Å². The Balaban J connectivity index is 1.60. The molecule has 2 aliphatic heterocycles. The maximum Gasteiger partial charge on any atom is 0.330 e. The van der Waals surface area contributed by atoms with Crippen LogP contribution < -0.4 is 5.32 Å². The number of hydrogen-bond acceptors (Lipinski definition) is 6. The van der Waals surface area contributed by atoms with Gasteiger partial charge < -0.3 is 15.0 Å². The molecular formula is C20H23N3O4S. The predicted molar refractivity (Wildman–Crippen MR) is 104 cm³/mol. The molecule has 1 aromatic carbocycles. The average Bonchev–Trinajstić information content (AvgIpc) is 2.92. The second-order valence-corrected chi connectivity index (χ2v) is 9.17. The molecule has 1 aromatic rings. The highest BCUT2D eigenvalue weighted by molar-refractivity contribution is 8.01. The monoisotopic (exact) mass is 401 g/mol. The van der Waals surface area contributed by atoms with E-state index in [0.717, 1.165) is 5.56 Å². The Morgan fingerprint density at radius 2 is 2.04 bits per heavy atom. The van der Waals surface area contributed by atoms with Gasteiger partial charge in [-0.1, -0.05) is 30.3 Å². The molecule has 1 unspecified atom stereocenters. The van der Waals surface area contributed by atoms with Crippen molar-refractivity contribution in [1.29, 1.82) is 5.26 Å². The zero-order chi connectivity index (χ0) is 20.3. The van der Waals surface area contributed by atoms with E-state index in [4.69, 9.17) is 10.00 Å². The Kier molecular flexibility index (Phi) is 5.94. The van der Waals surface area contributed by atoms with Gasteiger partial charge in [-0.15, -0.1) is 11.8 Å². The largest absolute Gasteiger partial charge is 0.464 e. The summed E-state index contributed by atoms with van der Waals surface area (Å²) in [6.07, 6.45) is 0.991. The van der Waals surface area contributed by atoms with Crippen LogP contribution in [0.5, 0.6) is 0 Å². The number of nitrogens with one attached hydrogen (secondary N) is 1. The van der Waals surface area contributed by atoms with Crippen molar-refractivity contribution in [3.8, 4) is 6.07 Å². The molecule has 2 aliphatic rings. The second-order valence-electron chi connectivity index (χ2n) is 7.40. The van der Waals surface area contributed by atoms with Gasteiger partial charge in [0.1, 0.15) is 17.5 Å². The number of benzene rings is 1. The van der Waals surface area contributed by atoms with Crippen LogP contribution in [0.25, 0.3) is 0 Å². The molecule has 2 fully saturated rings. The summed E-state index contributed by atoms with van der Waals surface area (Å²) < 4.78 is 4.75. The molecule has 0 aliphatic carbocycles. The van der Waals surface area contributed by atoms with Crippen molar-refractivity contribution in [2.75, 3.05) is 6.61 Å². The van der Waals surface area contributed by atoms with E-state index in [-0.39, 0.29) is 30.2 Å². The highest BCUT2D eigenvalue weighted by atomic mass is 32.2. The zero-order valence-corrected chi connectivity index (χ0v) is 16.7. The average molecular weight is 401 g/mol. The number of thioether (sulfide) groups is 1. The molecule has 0 radical (unpaired) electrons. The van der Waals surface area contributed by atoms with E-state index in [2.05, 4.69) is 5.32 Å². The van der Waals surface area contributed by atoms with Crippen LogP contribution in [0.1, 0.15) is 32.3 Å². The standard InChI is InChI=1S/C20H23N3O4S/c1-20(2)16(19(26)27-11-7-6-10-21)23-17(25)15(18(23)28-20)22-14(24)12-13-8-4-3-5-9-13/h3-5,8-9,15-16,18H,6-7,11-12H2,1-2H3,(H,22,24)/t15-,16?,18-/m1/s1. The number of hydrogen-bond donors (Lipinski definition) is 1. The summed E-state index contributed by atoms with van der Waals surface area (Å²) in [4.78, 5) is 39.0. The number of β-lactam (4-membered cyclic amide) rings is 1. The highest BCUT2D eigenvalue weighted by Gasteiger charge is 2.64. The molecule has 0 spiro atoms. The number of unbranched alkanes of at least 4 members (excludes halogenated alkanes) is 1. The van der Waals surface area contributed by atoms with Gasteiger partial charge in [0.25, 0.3) is 0 Å². The minimum absolute atomic E-state index is 0.160. The summed E-state index contributed by atoms with van der Waals surface area (Å²) in [7, 11) is 0. The molecule has 0 saturated carbocycles. The summed E-state index contributed by atoms with van der Waals surface area (Å²) in [6.45, 7) is 3.95. The van der Waals surface area contributed by atoms with Crippen molar-refractivity contribution in [3.63, 3.8) is 0 Å². The fourth-order valence-electron chi connectivity index (χ4n) is 3.54. The summed E-state index contributed by atoms with van der Waals surface area (Å²) in [6, 6.07) is 10.0. The molecule has 1 N–H and O–H groups in total. The molecule has 7 nitrogen and oxygen atoms in total. The number of carbonyl (C=O) groups is 3. The Bertz CT molecular complexity index is 805. The molecule has 3 atom stereocenters. The van der Waals surface area contributed by atoms with Gasteiger partial charge in [0, 0.05) is 11.2 Å².